The Morgan fingerprint density at radius 1 is 1.83 bits per heavy atom. The van der Waals surface area contributed by atoms with Gasteiger partial charge in [0.1, 0.15) is 6.61 Å². The summed E-state index contributed by atoms with van der Waals surface area (Å²) in [5.41, 5.74) is 5.46. The largest absolute Gasteiger partial charge is 0.447 e. The Morgan fingerprint density at radius 3 is 2.92 bits per heavy atom. The Kier molecular flexibility index (Phi) is 2.92. The normalized spacial score (nSPS) is 25.8. The van der Waals surface area contributed by atoms with E-state index in [9.17, 15) is 4.79 Å². The summed E-state index contributed by atoms with van der Waals surface area (Å²) < 4.78 is 4.87. The number of ether oxygens (including phenoxy) is 1. The highest BCUT2D eigenvalue weighted by Crippen LogP contribution is 2.13. The SMILES string of the molecule is CC(CN)CN1C(=O)OCC1C. The number of carbonyl (C=O) groups is 1. The van der Waals surface area contributed by atoms with Crippen molar-refractivity contribution in [2.24, 2.45) is 11.7 Å². The predicted molar refractivity (Wildman–Crippen MR) is 45.7 cm³/mol. The van der Waals surface area contributed by atoms with Gasteiger partial charge in [-0.2, -0.15) is 0 Å². The second-order valence-corrected chi connectivity index (χ2v) is 3.42. The van der Waals surface area contributed by atoms with Gasteiger partial charge >= 0.3 is 6.09 Å². The van der Waals surface area contributed by atoms with Gasteiger partial charge in [0.25, 0.3) is 0 Å². The van der Waals surface area contributed by atoms with Gasteiger partial charge in [-0.25, -0.2) is 4.79 Å². The summed E-state index contributed by atoms with van der Waals surface area (Å²) in [6, 6.07) is 0.200. The number of carbonyl (C=O) groups excluding carboxylic acids is 1. The summed E-state index contributed by atoms with van der Waals surface area (Å²) in [5, 5.41) is 0. The molecule has 1 heterocycles. The third-order valence-corrected chi connectivity index (χ3v) is 2.13. The molecule has 0 radical (unpaired) electrons. The molecule has 1 fully saturated rings. The number of rotatable bonds is 3. The fourth-order valence-corrected chi connectivity index (χ4v) is 1.21. The van der Waals surface area contributed by atoms with E-state index in [0.29, 0.717) is 25.6 Å². The number of hydrogen-bond acceptors (Lipinski definition) is 3. The summed E-state index contributed by atoms with van der Waals surface area (Å²) >= 11 is 0. The summed E-state index contributed by atoms with van der Waals surface area (Å²) in [6.07, 6.45) is -0.206. The molecule has 4 nitrogen and oxygen atoms in total. The lowest BCUT2D eigenvalue weighted by Crippen LogP contribution is -2.36. The monoisotopic (exact) mass is 172 g/mol. The van der Waals surface area contributed by atoms with Crippen molar-refractivity contribution < 1.29 is 9.53 Å². The van der Waals surface area contributed by atoms with Crippen LogP contribution in [0.15, 0.2) is 0 Å². The van der Waals surface area contributed by atoms with Gasteiger partial charge in [0, 0.05) is 6.54 Å². The van der Waals surface area contributed by atoms with E-state index >= 15 is 0 Å². The van der Waals surface area contributed by atoms with Crippen LogP contribution < -0.4 is 5.73 Å². The Balaban J connectivity index is 2.44. The number of nitrogens with zero attached hydrogens (tertiary/aromatic N) is 1. The molecule has 1 saturated heterocycles. The lowest BCUT2D eigenvalue weighted by molar-refractivity contribution is 0.154. The highest BCUT2D eigenvalue weighted by atomic mass is 16.6. The first kappa shape index (κ1) is 9.32. The van der Waals surface area contributed by atoms with Crippen molar-refractivity contribution in [3.63, 3.8) is 0 Å². The van der Waals surface area contributed by atoms with E-state index in [1.54, 1.807) is 4.90 Å². The second kappa shape index (κ2) is 3.76. The molecule has 1 amide bonds. The van der Waals surface area contributed by atoms with Crippen molar-refractivity contribution >= 4 is 6.09 Å². The van der Waals surface area contributed by atoms with E-state index in [4.69, 9.17) is 10.5 Å². The summed E-state index contributed by atoms with van der Waals surface area (Å²) in [7, 11) is 0. The lowest BCUT2D eigenvalue weighted by atomic mass is 10.1. The maximum atomic E-state index is 11.1. The molecule has 0 aliphatic carbocycles. The average molecular weight is 172 g/mol. The first-order valence-electron chi connectivity index (χ1n) is 4.28. The molecule has 2 unspecified atom stereocenters. The van der Waals surface area contributed by atoms with Crippen LogP contribution in [0.5, 0.6) is 0 Å². The standard InChI is InChI=1S/C8H16N2O2/c1-6(3-9)4-10-7(2)5-12-8(10)11/h6-7H,3-5,9H2,1-2H3. The van der Waals surface area contributed by atoms with Crippen LogP contribution in [-0.2, 0) is 4.74 Å². The molecule has 1 aliphatic heterocycles. The molecule has 4 heteroatoms. The Morgan fingerprint density at radius 2 is 2.50 bits per heavy atom. The third kappa shape index (κ3) is 1.88. The molecule has 70 valence electrons. The summed E-state index contributed by atoms with van der Waals surface area (Å²) in [5.74, 6) is 0.345. The zero-order valence-electron chi connectivity index (χ0n) is 7.62. The molecule has 0 aromatic carbocycles. The molecular formula is C8H16N2O2. The molecule has 0 bridgehead atoms. The Labute approximate surface area is 72.7 Å². The van der Waals surface area contributed by atoms with Crippen LogP contribution in [0, 0.1) is 5.92 Å². The van der Waals surface area contributed by atoms with Gasteiger partial charge in [-0.05, 0) is 19.4 Å². The van der Waals surface area contributed by atoms with Crippen LogP contribution in [0.25, 0.3) is 0 Å². The predicted octanol–water partition coefficient (Wildman–Crippen LogP) is 0.422. The van der Waals surface area contributed by atoms with Gasteiger partial charge in [-0.15, -0.1) is 0 Å². The smallest absolute Gasteiger partial charge is 0.410 e. The number of hydrogen-bond donors (Lipinski definition) is 1. The Bertz CT molecular complexity index is 172. The first-order chi connectivity index (χ1) is 5.65. The van der Waals surface area contributed by atoms with Crippen molar-refractivity contribution in [3.8, 4) is 0 Å². The van der Waals surface area contributed by atoms with Crippen molar-refractivity contribution in [2.45, 2.75) is 19.9 Å². The molecule has 2 N–H and O–H groups in total. The minimum atomic E-state index is -0.206. The molecule has 1 rings (SSSR count). The topological polar surface area (TPSA) is 55.6 Å². The maximum Gasteiger partial charge on any atom is 0.410 e. The fourth-order valence-electron chi connectivity index (χ4n) is 1.21. The summed E-state index contributed by atoms with van der Waals surface area (Å²) in [4.78, 5) is 12.8. The molecule has 0 saturated carbocycles. The van der Waals surface area contributed by atoms with Crippen LogP contribution in [0.2, 0.25) is 0 Å². The zero-order valence-corrected chi connectivity index (χ0v) is 7.62. The van der Waals surface area contributed by atoms with E-state index in [1.165, 1.54) is 0 Å². The highest BCUT2D eigenvalue weighted by Gasteiger charge is 2.29. The van der Waals surface area contributed by atoms with Crippen molar-refractivity contribution in [1.82, 2.24) is 4.90 Å². The molecule has 0 aromatic heterocycles. The van der Waals surface area contributed by atoms with Gasteiger partial charge in [0.15, 0.2) is 0 Å². The zero-order chi connectivity index (χ0) is 9.14. The molecule has 2 atom stereocenters. The molecule has 0 aromatic rings. The van der Waals surface area contributed by atoms with E-state index in [2.05, 4.69) is 0 Å². The lowest BCUT2D eigenvalue weighted by Gasteiger charge is -2.21. The minimum absolute atomic E-state index is 0.200. The second-order valence-electron chi connectivity index (χ2n) is 3.42. The first-order valence-corrected chi connectivity index (χ1v) is 4.28. The van der Waals surface area contributed by atoms with Crippen LogP contribution in [0.4, 0.5) is 4.79 Å². The van der Waals surface area contributed by atoms with E-state index < -0.39 is 0 Å². The highest BCUT2D eigenvalue weighted by molar-refractivity contribution is 5.69. The average Bonchev–Trinajstić information content (AvgIpc) is 2.35. The van der Waals surface area contributed by atoms with Gasteiger partial charge in [0.2, 0.25) is 0 Å². The van der Waals surface area contributed by atoms with Gasteiger partial charge in [-0.1, -0.05) is 6.92 Å². The van der Waals surface area contributed by atoms with Gasteiger partial charge < -0.3 is 15.4 Å². The quantitative estimate of drug-likeness (QED) is 0.671. The van der Waals surface area contributed by atoms with Crippen LogP contribution in [-0.4, -0.2) is 36.7 Å². The number of amides is 1. The molecule has 0 spiro atoms. The van der Waals surface area contributed by atoms with Crippen molar-refractivity contribution in [1.29, 1.82) is 0 Å². The Hall–Kier alpha value is -0.770. The van der Waals surface area contributed by atoms with Crippen molar-refractivity contribution in [2.75, 3.05) is 19.7 Å². The minimum Gasteiger partial charge on any atom is -0.447 e. The van der Waals surface area contributed by atoms with Gasteiger partial charge in [-0.3, -0.25) is 0 Å². The molecular weight excluding hydrogens is 156 g/mol. The third-order valence-electron chi connectivity index (χ3n) is 2.13. The van der Waals surface area contributed by atoms with E-state index in [1.807, 2.05) is 13.8 Å². The van der Waals surface area contributed by atoms with Gasteiger partial charge in [0.05, 0.1) is 6.04 Å². The maximum absolute atomic E-state index is 11.1. The van der Waals surface area contributed by atoms with E-state index in [-0.39, 0.29) is 12.1 Å². The van der Waals surface area contributed by atoms with Crippen LogP contribution in [0.1, 0.15) is 13.8 Å². The summed E-state index contributed by atoms with van der Waals surface area (Å²) in [6.45, 7) is 5.83. The van der Waals surface area contributed by atoms with E-state index in [0.717, 1.165) is 0 Å². The molecule has 12 heavy (non-hydrogen) atoms. The fraction of sp³-hybridized carbons (Fsp3) is 0.875. The van der Waals surface area contributed by atoms with Crippen LogP contribution >= 0.6 is 0 Å². The number of cyclic esters (lactones) is 1. The van der Waals surface area contributed by atoms with Crippen molar-refractivity contribution in [3.05, 3.63) is 0 Å². The number of nitrogens with two attached hydrogens (primary N) is 1. The molecule has 1 aliphatic rings. The van der Waals surface area contributed by atoms with Crippen LogP contribution in [0.3, 0.4) is 0 Å².